The van der Waals surface area contributed by atoms with Crippen LogP contribution in [0.2, 0.25) is 0 Å². The molecule has 0 aromatic heterocycles. The molecule has 0 aromatic rings. The molecule has 0 saturated carbocycles. The first-order valence-electron chi connectivity index (χ1n) is 5.53. The molecule has 0 unspecified atom stereocenters. The van der Waals surface area contributed by atoms with Crippen LogP contribution in [0.5, 0.6) is 0 Å². The SMILES string of the molecule is ClC/C=C/CNCCC1=CCCCC1. The molecule has 0 heterocycles. The second-order valence-corrected chi connectivity index (χ2v) is 4.00. The molecule has 80 valence electrons. The second kappa shape index (κ2) is 8.07. The van der Waals surface area contributed by atoms with E-state index in [-0.39, 0.29) is 0 Å². The van der Waals surface area contributed by atoms with E-state index in [9.17, 15) is 0 Å². The molecule has 0 aliphatic heterocycles. The van der Waals surface area contributed by atoms with E-state index in [0.29, 0.717) is 5.88 Å². The van der Waals surface area contributed by atoms with Crippen molar-refractivity contribution in [3.8, 4) is 0 Å². The van der Waals surface area contributed by atoms with Crippen molar-refractivity contribution in [1.29, 1.82) is 0 Å². The highest BCUT2D eigenvalue weighted by molar-refractivity contribution is 6.18. The summed E-state index contributed by atoms with van der Waals surface area (Å²) in [5.74, 6) is 0.618. The van der Waals surface area contributed by atoms with Crippen molar-refractivity contribution in [1.82, 2.24) is 5.32 Å². The molecule has 1 nitrogen and oxygen atoms in total. The third kappa shape index (κ3) is 5.46. The van der Waals surface area contributed by atoms with E-state index in [1.165, 1.54) is 32.1 Å². The maximum absolute atomic E-state index is 5.51. The first kappa shape index (κ1) is 11.8. The van der Waals surface area contributed by atoms with Gasteiger partial charge in [-0.1, -0.05) is 23.8 Å². The Morgan fingerprint density at radius 2 is 2.29 bits per heavy atom. The zero-order chi connectivity index (χ0) is 10.1. The number of halogens is 1. The summed E-state index contributed by atoms with van der Waals surface area (Å²) in [5, 5.41) is 3.38. The summed E-state index contributed by atoms with van der Waals surface area (Å²) in [6, 6.07) is 0. The lowest BCUT2D eigenvalue weighted by Gasteiger charge is -2.12. The summed E-state index contributed by atoms with van der Waals surface area (Å²) in [6.45, 7) is 2.04. The molecule has 0 amide bonds. The van der Waals surface area contributed by atoms with Crippen LogP contribution in [-0.4, -0.2) is 19.0 Å². The molecule has 0 spiro atoms. The molecule has 1 aliphatic carbocycles. The zero-order valence-corrected chi connectivity index (χ0v) is 9.52. The van der Waals surface area contributed by atoms with Crippen molar-refractivity contribution < 1.29 is 0 Å². The van der Waals surface area contributed by atoms with Gasteiger partial charge in [0.15, 0.2) is 0 Å². The topological polar surface area (TPSA) is 12.0 Å². The van der Waals surface area contributed by atoms with Gasteiger partial charge in [-0.25, -0.2) is 0 Å². The number of allylic oxidation sites excluding steroid dienone is 2. The minimum Gasteiger partial charge on any atom is -0.313 e. The highest BCUT2D eigenvalue weighted by Gasteiger charge is 2.01. The van der Waals surface area contributed by atoms with Gasteiger partial charge in [-0.3, -0.25) is 0 Å². The first-order chi connectivity index (χ1) is 6.93. The Morgan fingerprint density at radius 3 is 3.00 bits per heavy atom. The molecule has 1 N–H and O–H groups in total. The molecule has 14 heavy (non-hydrogen) atoms. The highest BCUT2D eigenvalue weighted by atomic mass is 35.5. The Labute approximate surface area is 92.2 Å². The number of hydrogen-bond donors (Lipinski definition) is 1. The molecular weight excluding hydrogens is 194 g/mol. The lowest BCUT2D eigenvalue weighted by Crippen LogP contribution is -2.15. The van der Waals surface area contributed by atoms with Crippen LogP contribution in [0.4, 0.5) is 0 Å². The van der Waals surface area contributed by atoms with Crippen LogP contribution < -0.4 is 5.32 Å². The van der Waals surface area contributed by atoms with Gasteiger partial charge in [-0.05, 0) is 38.6 Å². The monoisotopic (exact) mass is 213 g/mol. The van der Waals surface area contributed by atoms with Crippen molar-refractivity contribution in [2.24, 2.45) is 0 Å². The average molecular weight is 214 g/mol. The summed E-state index contributed by atoms with van der Waals surface area (Å²) >= 11 is 5.51. The predicted octanol–water partition coefficient (Wildman–Crippen LogP) is 3.26. The van der Waals surface area contributed by atoms with Gasteiger partial charge in [0.1, 0.15) is 0 Å². The quantitative estimate of drug-likeness (QED) is 0.406. The fraction of sp³-hybridized carbons (Fsp3) is 0.667. The standard InChI is InChI=1S/C12H20ClN/c13-9-4-5-10-14-11-8-12-6-2-1-3-7-12/h4-6,14H,1-3,7-11H2/b5-4+. The molecule has 1 rings (SSSR count). The van der Waals surface area contributed by atoms with E-state index in [4.69, 9.17) is 11.6 Å². The Balaban J connectivity index is 1.97. The van der Waals surface area contributed by atoms with Crippen molar-refractivity contribution in [2.75, 3.05) is 19.0 Å². The summed E-state index contributed by atoms with van der Waals surface area (Å²) < 4.78 is 0. The molecule has 0 saturated heterocycles. The largest absolute Gasteiger partial charge is 0.313 e. The van der Waals surface area contributed by atoms with Crippen LogP contribution in [-0.2, 0) is 0 Å². The smallest absolute Gasteiger partial charge is 0.0404 e. The fourth-order valence-electron chi connectivity index (χ4n) is 1.71. The maximum atomic E-state index is 5.51. The van der Waals surface area contributed by atoms with Gasteiger partial charge in [-0.2, -0.15) is 0 Å². The molecule has 0 atom stereocenters. The van der Waals surface area contributed by atoms with Crippen LogP contribution in [0.3, 0.4) is 0 Å². The molecule has 2 heteroatoms. The average Bonchev–Trinajstić information content (AvgIpc) is 2.25. The summed E-state index contributed by atoms with van der Waals surface area (Å²) in [6.07, 6.45) is 13.1. The van der Waals surface area contributed by atoms with Crippen LogP contribution in [0, 0.1) is 0 Å². The van der Waals surface area contributed by atoms with Crippen molar-refractivity contribution in [2.45, 2.75) is 32.1 Å². The van der Waals surface area contributed by atoms with Gasteiger partial charge in [0, 0.05) is 12.4 Å². The van der Waals surface area contributed by atoms with E-state index in [0.717, 1.165) is 13.1 Å². The number of rotatable bonds is 6. The van der Waals surface area contributed by atoms with Gasteiger partial charge >= 0.3 is 0 Å². The molecule has 0 fully saturated rings. The predicted molar refractivity (Wildman–Crippen MR) is 63.9 cm³/mol. The molecule has 0 aromatic carbocycles. The minimum absolute atomic E-state index is 0.618. The van der Waals surface area contributed by atoms with E-state index >= 15 is 0 Å². The Kier molecular flexibility index (Phi) is 6.81. The van der Waals surface area contributed by atoms with Crippen molar-refractivity contribution >= 4 is 11.6 Å². The van der Waals surface area contributed by atoms with Crippen molar-refractivity contribution in [3.05, 3.63) is 23.8 Å². The van der Waals surface area contributed by atoms with Gasteiger partial charge in [0.25, 0.3) is 0 Å². The van der Waals surface area contributed by atoms with Crippen molar-refractivity contribution in [3.63, 3.8) is 0 Å². The Morgan fingerprint density at radius 1 is 1.36 bits per heavy atom. The lowest BCUT2D eigenvalue weighted by molar-refractivity contribution is 0.650. The number of nitrogens with one attached hydrogen (secondary N) is 1. The molecule has 0 radical (unpaired) electrons. The third-order valence-electron chi connectivity index (χ3n) is 2.53. The molecule has 1 aliphatic rings. The van der Waals surface area contributed by atoms with Crippen LogP contribution in [0.1, 0.15) is 32.1 Å². The normalized spacial score (nSPS) is 17.4. The van der Waals surface area contributed by atoms with E-state index in [1.54, 1.807) is 5.57 Å². The highest BCUT2D eigenvalue weighted by Crippen LogP contribution is 2.19. The lowest BCUT2D eigenvalue weighted by atomic mass is 9.97. The maximum Gasteiger partial charge on any atom is 0.0404 e. The van der Waals surface area contributed by atoms with E-state index < -0.39 is 0 Å². The summed E-state index contributed by atoms with van der Waals surface area (Å²) in [5.41, 5.74) is 1.64. The molecular formula is C12H20ClN. The Bertz CT molecular complexity index is 196. The van der Waals surface area contributed by atoms with E-state index in [1.807, 2.05) is 6.08 Å². The van der Waals surface area contributed by atoms with E-state index in [2.05, 4.69) is 17.5 Å². The van der Waals surface area contributed by atoms with Crippen LogP contribution in [0.25, 0.3) is 0 Å². The minimum atomic E-state index is 0.618. The second-order valence-electron chi connectivity index (χ2n) is 3.69. The Hall–Kier alpha value is -0.270. The van der Waals surface area contributed by atoms with Gasteiger partial charge < -0.3 is 5.32 Å². The zero-order valence-electron chi connectivity index (χ0n) is 8.77. The van der Waals surface area contributed by atoms with Crippen LogP contribution >= 0.6 is 11.6 Å². The third-order valence-corrected chi connectivity index (χ3v) is 2.70. The number of hydrogen-bond acceptors (Lipinski definition) is 1. The summed E-state index contributed by atoms with van der Waals surface area (Å²) in [7, 11) is 0. The first-order valence-corrected chi connectivity index (χ1v) is 6.06. The molecule has 0 bridgehead atoms. The summed E-state index contributed by atoms with van der Waals surface area (Å²) in [4.78, 5) is 0. The number of alkyl halides is 1. The van der Waals surface area contributed by atoms with Gasteiger partial charge in [0.05, 0.1) is 0 Å². The van der Waals surface area contributed by atoms with Gasteiger partial charge in [0.2, 0.25) is 0 Å². The van der Waals surface area contributed by atoms with Crippen LogP contribution in [0.15, 0.2) is 23.8 Å². The fourth-order valence-corrected chi connectivity index (χ4v) is 1.84. The van der Waals surface area contributed by atoms with Gasteiger partial charge in [-0.15, -0.1) is 11.6 Å².